The normalized spacial score (nSPS) is 15.0. The lowest BCUT2D eigenvalue weighted by atomic mass is 10.2. The van der Waals surface area contributed by atoms with E-state index in [1.54, 1.807) is 30.5 Å². The van der Waals surface area contributed by atoms with Crippen molar-refractivity contribution in [1.82, 2.24) is 9.55 Å². The van der Waals surface area contributed by atoms with Gasteiger partial charge in [-0.2, -0.15) is 0 Å². The first-order chi connectivity index (χ1) is 10.2. The zero-order chi connectivity index (χ0) is 14.8. The summed E-state index contributed by atoms with van der Waals surface area (Å²) in [5.74, 6) is -0.210. The summed E-state index contributed by atoms with van der Waals surface area (Å²) in [5.41, 5.74) is 0.924. The highest BCUT2D eigenvalue weighted by Crippen LogP contribution is 2.22. The molecular formula is C15H11N3O2S. The smallest absolute Gasteiger partial charge is 0.262 e. The molecule has 1 aromatic heterocycles. The Morgan fingerprint density at radius 2 is 2.05 bits per heavy atom. The van der Waals surface area contributed by atoms with Crippen LogP contribution in [0.25, 0.3) is 11.8 Å². The second-order valence-corrected chi connectivity index (χ2v) is 4.76. The minimum absolute atomic E-state index is 0.117. The van der Waals surface area contributed by atoms with Gasteiger partial charge in [0.2, 0.25) is 5.88 Å². The molecule has 2 aromatic rings. The number of hydrogen-bond donors (Lipinski definition) is 2. The van der Waals surface area contributed by atoms with Crippen molar-refractivity contribution in [3.63, 3.8) is 0 Å². The van der Waals surface area contributed by atoms with E-state index in [0.717, 1.165) is 0 Å². The number of rotatable bonds is 2. The number of allylic oxidation sites excluding steroid dienone is 2. The van der Waals surface area contributed by atoms with Crippen molar-refractivity contribution >= 4 is 24.5 Å². The maximum absolute atomic E-state index is 12.0. The van der Waals surface area contributed by atoms with Crippen LogP contribution in [0, 0.1) is 4.77 Å². The molecule has 0 unspecified atom stereocenters. The molecular weight excluding hydrogens is 286 g/mol. The van der Waals surface area contributed by atoms with Gasteiger partial charge < -0.3 is 5.11 Å². The van der Waals surface area contributed by atoms with E-state index in [9.17, 15) is 9.90 Å². The van der Waals surface area contributed by atoms with E-state index in [-0.39, 0.29) is 16.2 Å². The van der Waals surface area contributed by atoms with Crippen molar-refractivity contribution < 1.29 is 5.11 Å². The number of nitrogens with one attached hydrogen (secondary N) is 1. The highest BCUT2D eigenvalue weighted by Gasteiger charge is 2.12. The molecule has 6 heteroatoms. The van der Waals surface area contributed by atoms with Gasteiger partial charge in [-0.3, -0.25) is 19.3 Å². The van der Waals surface area contributed by atoms with Crippen LogP contribution in [-0.4, -0.2) is 20.9 Å². The molecule has 1 aliphatic heterocycles. The zero-order valence-electron chi connectivity index (χ0n) is 10.9. The summed E-state index contributed by atoms with van der Waals surface area (Å²) >= 11 is 5.13. The summed E-state index contributed by atoms with van der Waals surface area (Å²) in [6.07, 6.45) is 6.63. The number of nitrogens with zero attached hydrogens (tertiary/aromatic N) is 2. The third-order valence-corrected chi connectivity index (χ3v) is 3.29. The molecule has 0 saturated heterocycles. The molecule has 0 atom stereocenters. The van der Waals surface area contributed by atoms with Crippen LogP contribution in [0.1, 0.15) is 5.56 Å². The van der Waals surface area contributed by atoms with Gasteiger partial charge in [-0.1, -0.05) is 18.2 Å². The fourth-order valence-corrected chi connectivity index (χ4v) is 2.32. The van der Waals surface area contributed by atoms with Crippen LogP contribution in [0.5, 0.6) is 5.88 Å². The number of para-hydroxylation sites is 1. The molecule has 2 heterocycles. The maximum atomic E-state index is 12.0. The molecule has 0 bridgehead atoms. The van der Waals surface area contributed by atoms with Gasteiger partial charge in [0, 0.05) is 6.21 Å². The average molecular weight is 297 g/mol. The first kappa shape index (κ1) is 13.3. The summed E-state index contributed by atoms with van der Waals surface area (Å²) in [5, 5.41) is 10.4. The molecule has 0 fully saturated rings. The molecule has 1 aliphatic rings. The summed E-state index contributed by atoms with van der Waals surface area (Å²) in [7, 11) is 0. The molecule has 0 aliphatic carbocycles. The standard InChI is InChI=1S/C15H11N3O2S/c19-13-12(9-10-5-4-8-16-10)14(20)18(15(21)17-13)11-6-2-1-3-7-11/h1-9,20H,(H,17,19,21). The number of H-pyrrole nitrogens is 1. The van der Waals surface area contributed by atoms with Crippen LogP contribution in [0.4, 0.5) is 0 Å². The van der Waals surface area contributed by atoms with E-state index in [1.165, 1.54) is 10.6 Å². The van der Waals surface area contributed by atoms with Gasteiger partial charge in [0.15, 0.2) is 4.77 Å². The minimum atomic E-state index is -0.451. The van der Waals surface area contributed by atoms with E-state index >= 15 is 0 Å². The number of aromatic hydroxyl groups is 1. The molecule has 1 aromatic carbocycles. The lowest BCUT2D eigenvalue weighted by Crippen LogP contribution is -2.16. The van der Waals surface area contributed by atoms with Crippen LogP contribution < -0.4 is 5.56 Å². The quantitative estimate of drug-likeness (QED) is 0.837. The van der Waals surface area contributed by atoms with Gasteiger partial charge in [-0.05, 0) is 42.6 Å². The van der Waals surface area contributed by atoms with E-state index in [4.69, 9.17) is 12.2 Å². The maximum Gasteiger partial charge on any atom is 0.262 e. The predicted octanol–water partition coefficient (Wildman–Crippen LogP) is 2.58. The number of aliphatic imine (C=N–C) groups is 1. The second kappa shape index (κ2) is 5.34. The van der Waals surface area contributed by atoms with Crippen LogP contribution >= 0.6 is 12.2 Å². The number of hydrogen-bond acceptors (Lipinski definition) is 4. The second-order valence-electron chi connectivity index (χ2n) is 4.37. The van der Waals surface area contributed by atoms with Crippen LogP contribution in [0.3, 0.4) is 0 Å². The van der Waals surface area contributed by atoms with Crippen molar-refractivity contribution in [2.45, 2.75) is 0 Å². The topological polar surface area (TPSA) is 70.4 Å². The largest absolute Gasteiger partial charge is 0.494 e. The molecule has 2 N–H and O–H groups in total. The van der Waals surface area contributed by atoms with Gasteiger partial charge in [0.05, 0.1) is 11.4 Å². The van der Waals surface area contributed by atoms with Crippen molar-refractivity contribution in [3.8, 4) is 11.6 Å². The predicted molar refractivity (Wildman–Crippen MR) is 84.5 cm³/mol. The van der Waals surface area contributed by atoms with Crippen molar-refractivity contribution in [3.05, 3.63) is 68.9 Å². The highest BCUT2D eigenvalue weighted by molar-refractivity contribution is 7.71. The molecule has 0 amide bonds. The SMILES string of the molecule is O=c1[nH]c(=S)n(-c2ccccc2)c(O)c1C=C1C=CC=N1. The first-order valence-corrected chi connectivity index (χ1v) is 6.64. The van der Waals surface area contributed by atoms with Crippen LogP contribution in [0.2, 0.25) is 0 Å². The lowest BCUT2D eigenvalue weighted by molar-refractivity contribution is 0.432. The third-order valence-electron chi connectivity index (χ3n) is 3.00. The average Bonchev–Trinajstić information content (AvgIpc) is 2.97. The van der Waals surface area contributed by atoms with E-state index in [0.29, 0.717) is 11.4 Å². The lowest BCUT2D eigenvalue weighted by Gasteiger charge is -2.11. The van der Waals surface area contributed by atoms with Gasteiger partial charge in [-0.25, -0.2) is 0 Å². The van der Waals surface area contributed by atoms with Crippen LogP contribution in [-0.2, 0) is 0 Å². The zero-order valence-corrected chi connectivity index (χ0v) is 11.7. The molecule has 21 heavy (non-hydrogen) atoms. The van der Waals surface area contributed by atoms with E-state index < -0.39 is 5.56 Å². The fraction of sp³-hybridized carbons (Fsp3) is 0. The monoisotopic (exact) mass is 297 g/mol. The molecule has 0 radical (unpaired) electrons. The molecule has 0 saturated carbocycles. The van der Waals surface area contributed by atoms with Gasteiger partial charge in [0.1, 0.15) is 5.56 Å². The Morgan fingerprint density at radius 3 is 2.71 bits per heavy atom. The van der Waals surface area contributed by atoms with E-state index in [1.807, 2.05) is 18.2 Å². The Bertz CT molecular complexity index is 875. The molecule has 0 spiro atoms. The van der Waals surface area contributed by atoms with Crippen molar-refractivity contribution in [2.24, 2.45) is 4.99 Å². The fourth-order valence-electron chi connectivity index (χ4n) is 2.03. The number of aromatic nitrogens is 2. The summed E-state index contributed by atoms with van der Waals surface area (Å²) in [6.45, 7) is 0. The van der Waals surface area contributed by atoms with Crippen molar-refractivity contribution in [1.29, 1.82) is 0 Å². The summed E-state index contributed by atoms with van der Waals surface area (Å²) < 4.78 is 1.54. The number of benzene rings is 1. The molecule has 3 rings (SSSR count). The van der Waals surface area contributed by atoms with Crippen LogP contribution in [0.15, 0.2) is 58.0 Å². The Balaban J connectivity index is 2.26. The highest BCUT2D eigenvalue weighted by atomic mass is 32.1. The summed E-state index contributed by atoms with van der Waals surface area (Å²) in [4.78, 5) is 18.6. The Hall–Kier alpha value is -2.73. The molecule has 104 valence electrons. The van der Waals surface area contributed by atoms with Gasteiger partial charge in [-0.15, -0.1) is 0 Å². The Kier molecular flexibility index (Phi) is 3.37. The first-order valence-electron chi connectivity index (χ1n) is 6.23. The molecule has 5 nitrogen and oxygen atoms in total. The van der Waals surface area contributed by atoms with Gasteiger partial charge >= 0.3 is 0 Å². The summed E-state index contributed by atoms with van der Waals surface area (Å²) in [6, 6.07) is 9.08. The number of aromatic amines is 1. The Labute approximate surface area is 125 Å². The Morgan fingerprint density at radius 1 is 1.29 bits per heavy atom. The van der Waals surface area contributed by atoms with Crippen molar-refractivity contribution in [2.75, 3.05) is 0 Å². The third kappa shape index (κ3) is 2.48. The van der Waals surface area contributed by atoms with E-state index in [2.05, 4.69) is 9.98 Å². The minimum Gasteiger partial charge on any atom is -0.494 e. The van der Waals surface area contributed by atoms with Gasteiger partial charge in [0.25, 0.3) is 5.56 Å².